The van der Waals surface area contributed by atoms with Crippen LogP contribution in [0, 0.1) is 20.8 Å². The van der Waals surface area contributed by atoms with Crippen molar-refractivity contribution in [2.45, 2.75) is 27.7 Å². The van der Waals surface area contributed by atoms with E-state index < -0.39 is 0 Å². The van der Waals surface area contributed by atoms with E-state index in [4.69, 9.17) is 14.1 Å². The second kappa shape index (κ2) is 8.91. The van der Waals surface area contributed by atoms with E-state index in [1.807, 2.05) is 47.0 Å². The van der Waals surface area contributed by atoms with Crippen LogP contribution in [0.15, 0.2) is 70.1 Å². The van der Waals surface area contributed by atoms with Crippen molar-refractivity contribution in [3.8, 4) is 16.9 Å². The van der Waals surface area contributed by atoms with Crippen LogP contribution in [0.4, 0.5) is 11.4 Å². The molecule has 32 heavy (non-hydrogen) atoms. The summed E-state index contributed by atoms with van der Waals surface area (Å²) in [5, 5.41) is 2.84. The number of rotatable bonds is 5. The third kappa shape index (κ3) is 4.26. The monoisotopic (exact) mass is 426 g/mol. The van der Waals surface area contributed by atoms with Crippen LogP contribution >= 0.6 is 0 Å². The molecule has 0 radical (unpaired) electrons. The molecule has 164 valence electrons. The fraction of sp³-hybridized carbons (Fsp3) is 0.250. The van der Waals surface area contributed by atoms with E-state index in [1.165, 1.54) is 5.56 Å². The van der Waals surface area contributed by atoms with Gasteiger partial charge in [-0.3, -0.25) is 0 Å². The summed E-state index contributed by atoms with van der Waals surface area (Å²) >= 11 is 0. The zero-order valence-corrected chi connectivity index (χ0v) is 19.7. The standard InChI is InChI=1S/C28H30N2O2/c1-7-31-26-17-22(21-10-14-24(15-11-21)30(5)6)16-25(27-19(3)32-20(4)28(26)27)29-23-12-8-18(2)9-13-23/h8-17H,7H2,1-6H3. The number of hydrogen-bond acceptors (Lipinski definition) is 4. The Balaban J connectivity index is 2.06. The number of anilines is 1. The highest BCUT2D eigenvalue weighted by atomic mass is 16.5. The molecule has 1 heterocycles. The summed E-state index contributed by atoms with van der Waals surface area (Å²) in [6, 6.07) is 21.0. The lowest BCUT2D eigenvalue weighted by Crippen LogP contribution is -2.07. The average molecular weight is 427 g/mol. The topological polar surface area (TPSA) is 38.0 Å². The molecule has 3 aromatic carbocycles. The quantitative estimate of drug-likeness (QED) is 0.355. The molecule has 0 bridgehead atoms. The molecular formula is C28H30N2O2. The van der Waals surface area contributed by atoms with Gasteiger partial charge >= 0.3 is 0 Å². The molecule has 0 amide bonds. The van der Waals surface area contributed by atoms with Crippen LogP contribution in [0.3, 0.4) is 0 Å². The van der Waals surface area contributed by atoms with Gasteiger partial charge in [-0.05, 0) is 75.2 Å². The van der Waals surface area contributed by atoms with E-state index in [9.17, 15) is 0 Å². The number of hydrogen-bond donors (Lipinski definition) is 0. The third-order valence-electron chi connectivity index (χ3n) is 5.64. The molecule has 0 saturated heterocycles. The minimum Gasteiger partial charge on any atom is -0.493 e. The normalized spacial score (nSPS) is 11.8. The predicted octanol–water partition coefficient (Wildman–Crippen LogP) is 6.72. The zero-order valence-electron chi connectivity index (χ0n) is 19.7. The molecule has 4 aromatic rings. The van der Waals surface area contributed by atoms with Crippen molar-refractivity contribution < 1.29 is 9.15 Å². The van der Waals surface area contributed by atoms with Gasteiger partial charge in [-0.2, -0.15) is 0 Å². The molecule has 0 N–H and O–H groups in total. The lowest BCUT2D eigenvalue weighted by Gasteiger charge is -2.12. The van der Waals surface area contributed by atoms with Crippen LogP contribution in [0.2, 0.25) is 0 Å². The Hall–Kier alpha value is -3.53. The summed E-state index contributed by atoms with van der Waals surface area (Å²) in [6.45, 7) is 8.64. The van der Waals surface area contributed by atoms with E-state index >= 15 is 0 Å². The molecule has 0 unspecified atom stereocenters. The highest BCUT2D eigenvalue weighted by Crippen LogP contribution is 2.34. The Morgan fingerprint density at radius 1 is 0.812 bits per heavy atom. The maximum Gasteiger partial charge on any atom is 0.131 e. The Morgan fingerprint density at radius 3 is 2.09 bits per heavy atom. The number of aryl methyl sites for hydroxylation is 3. The Labute approximate surface area is 189 Å². The van der Waals surface area contributed by atoms with Gasteiger partial charge in [0.15, 0.2) is 0 Å². The number of ether oxygens (including phenoxy) is 1. The van der Waals surface area contributed by atoms with Gasteiger partial charge in [-0.15, -0.1) is 0 Å². The molecule has 0 aliphatic heterocycles. The van der Waals surface area contributed by atoms with Crippen molar-refractivity contribution >= 4 is 22.1 Å². The van der Waals surface area contributed by atoms with Gasteiger partial charge in [0.25, 0.3) is 0 Å². The molecule has 4 nitrogen and oxygen atoms in total. The smallest absolute Gasteiger partial charge is 0.131 e. The van der Waals surface area contributed by atoms with Crippen LogP contribution in [-0.2, 0) is 0 Å². The maximum absolute atomic E-state index is 6.11. The summed E-state index contributed by atoms with van der Waals surface area (Å²) in [4.78, 5) is 7.13. The van der Waals surface area contributed by atoms with Crippen LogP contribution in [0.5, 0.6) is 5.75 Å². The molecule has 0 aliphatic rings. The Morgan fingerprint density at radius 2 is 1.47 bits per heavy atom. The van der Waals surface area contributed by atoms with Gasteiger partial charge in [-0.25, -0.2) is 4.99 Å². The van der Waals surface area contributed by atoms with Crippen LogP contribution in [0.25, 0.3) is 21.9 Å². The van der Waals surface area contributed by atoms with E-state index in [2.05, 4.69) is 60.4 Å². The molecule has 1 aromatic heterocycles. The molecule has 4 rings (SSSR count). The number of furan rings is 1. The lowest BCUT2D eigenvalue weighted by atomic mass is 10.1. The fourth-order valence-electron chi connectivity index (χ4n) is 4.00. The highest BCUT2D eigenvalue weighted by molar-refractivity contribution is 5.93. The first kappa shape index (κ1) is 21.7. The van der Waals surface area contributed by atoms with E-state index in [0.717, 1.165) is 55.9 Å². The van der Waals surface area contributed by atoms with Crippen LogP contribution in [-0.4, -0.2) is 20.7 Å². The van der Waals surface area contributed by atoms with Crippen molar-refractivity contribution in [3.05, 3.63) is 83.1 Å². The first-order valence-electron chi connectivity index (χ1n) is 11.0. The van der Waals surface area contributed by atoms with Gasteiger partial charge in [0.05, 0.1) is 28.4 Å². The summed E-state index contributed by atoms with van der Waals surface area (Å²) in [5.41, 5.74) is 5.45. The fourth-order valence-corrected chi connectivity index (χ4v) is 4.00. The molecule has 0 fully saturated rings. The highest BCUT2D eigenvalue weighted by Gasteiger charge is 2.15. The van der Waals surface area contributed by atoms with E-state index in [0.29, 0.717) is 6.61 Å². The van der Waals surface area contributed by atoms with Crippen molar-refractivity contribution in [1.82, 2.24) is 0 Å². The van der Waals surface area contributed by atoms with Crippen LogP contribution < -0.4 is 15.0 Å². The SMILES string of the molecule is CCOc1cc(-c2ccc(N(C)C)cc2)cc(=Nc2ccc(C)cc2)c2c(C)oc(C)c12. The molecule has 0 atom stereocenters. The van der Waals surface area contributed by atoms with Gasteiger partial charge in [-0.1, -0.05) is 29.8 Å². The van der Waals surface area contributed by atoms with E-state index in [-0.39, 0.29) is 0 Å². The summed E-state index contributed by atoms with van der Waals surface area (Å²) in [7, 11) is 4.09. The predicted molar refractivity (Wildman–Crippen MR) is 133 cm³/mol. The molecule has 0 aliphatic carbocycles. The average Bonchev–Trinajstić information content (AvgIpc) is 2.96. The van der Waals surface area contributed by atoms with Crippen molar-refractivity contribution in [2.24, 2.45) is 4.99 Å². The summed E-state index contributed by atoms with van der Waals surface area (Å²) < 4.78 is 12.1. The molecule has 4 heteroatoms. The van der Waals surface area contributed by atoms with Gasteiger partial charge in [0.2, 0.25) is 0 Å². The first-order valence-corrected chi connectivity index (χ1v) is 11.0. The third-order valence-corrected chi connectivity index (χ3v) is 5.64. The van der Waals surface area contributed by atoms with Gasteiger partial charge in [0, 0.05) is 19.8 Å². The van der Waals surface area contributed by atoms with E-state index in [1.54, 1.807) is 0 Å². The second-order valence-corrected chi connectivity index (χ2v) is 8.28. The van der Waals surface area contributed by atoms with Gasteiger partial charge < -0.3 is 14.1 Å². The zero-order chi connectivity index (χ0) is 22.8. The second-order valence-electron chi connectivity index (χ2n) is 8.28. The van der Waals surface area contributed by atoms with Crippen molar-refractivity contribution in [2.75, 3.05) is 25.6 Å². The molecule has 0 saturated carbocycles. The molecule has 0 spiro atoms. The van der Waals surface area contributed by atoms with Gasteiger partial charge in [0.1, 0.15) is 17.3 Å². The Bertz CT molecular complexity index is 1320. The van der Waals surface area contributed by atoms with Crippen molar-refractivity contribution in [1.29, 1.82) is 0 Å². The number of nitrogens with zero attached hydrogens (tertiary/aromatic N) is 2. The van der Waals surface area contributed by atoms with Crippen LogP contribution in [0.1, 0.15) is 24.0 Å². The maximum atomic E-state index is 6.11. The summed E-state index contributed by atoms with van der Waals surface area (Å²) in [6.07, 6.45) is 0. The first-order chi connectivity index (χ1) is 15.4. The Kier molecular flexibility index (Phi) is 6.04. The summed E-state index contributed by atoms with van der Waals surface area (Å²) in [5.74, 6) is 2.50. The minimum atomic E-state index is 0.576. The minimum absolute atomic E-state index is 0.576. The lowest BCUT2D eigenvalue weighted by molar-refractivity contribution is 0.344. The molecular weight excluding hydrogens is 396 g/mol. The van der Waals surface area contributed by atoms with Crippen molar-refractivity contribution in [3.63, 3.8) is 0 Å². The number of benzene rings is 2. The number of fused-ring (bicyclic) bond motifs is 1. The largest absolute Gasteiger partial charge is 0.493 e.